The van der Waals surface area contributed by atoms with Crippen molar-refractivity contribution in [3.8, 4) is 0 Å². The smallest absolute Gasteiger partial charge is 0.351 e. The highest BCUT2D eigenvalue weighted by Crippen LogP contribution is 2.79. The molecule has 3 aliphatic heterocycles. The Balaban J connectivity index is 1.15. The third kappa shape index (κ3) is 2.45. The van der Waals surface area contributed by atoms with Crippen LogP contribution in [0.4, 0.5) is 0 Å². The van der Waals surface area contributed by atoms with Crippen LogP contribution in [0.3, 0.4) is 0 Å². The average Bonchev–Trinajstić information content (AvgIpc) is 3.13. The first-order chi connectivity index (χ1) is 16.6. The Bertz CT molecular complexity index is 889. The zero-order valence-electron chi connectivity index (χ0n) is 22.2. The van der Waals surface area contributed by atoms with Gasteiger partial charge in [-0.15, -0.1) is 0 Å². The summed E-state index contributed by atoms with van der Waals surface area (Å²) in [5.74, 6) is 0.518. The van der Waals surface area contributed by atoms with Crippen molar-refractivity contribution >= 4 is 0 Å². The Hall–Kier alpha value is -0.280. The largest absolute Gasteiger partial charge is 0.358 e. The summed E-state index contributed by atoms with van der Waals surface area (Å²) in [7, 11) is 0. The van der Waals surface area contributed by atoms with Gasteiger partial charge in [0.05, 0.1) is 0 Å². The first-order valence-corrected chi connectivity index (χ1v) is 14.4. The normalized spacial score (nSPS) is 59.3. The van der Waals surface area contributed by atoms with Crippen molar-refractivity contribution in [1.29, 1.82) is 0 Å². The van der Waals surface area contributed by atoms with Gasteiger partial charge in [0, 0.05) is 11.3 Å². The predicted molar refractivity (Wildman–Crippen MR) is 124 cm³/mol. The Morgan fingerprint density at radius 1 is 0.800 bits per heavy atom. The Morgan fingerprint density at radius 3 is 2.14 bits per heavy atom. The Labute approximate surface area is 209 Å². The number of aliphatic hydroxyl groups is 1. The molecule has 0 amide bonds. The van der Waals surface area contributed by atoms with Crippen molar-refractivity contribution in [2.75, 3.05) is 0 Å². The van der Waals surface area contributed by atoms with Gasteiger partial charge in [0.2, 0.25) is 0 Å². The molecule has 1 N–H and O–H groups in total. The molecule has 0 bridgehead atoms. The fraction of sp³-hybridized carbons (Fsp3) is 1.00. The lowest BCUT2D eigenvalue weighted by molar-refractivity contribution is -0.882. The van der Waals surface area contributed by atoms with Crippen LogP contribution in [0.15, 0.2) is 0 Å². The van der Waals surface area contributed by atoms with Crippen LogP contribution in [0.5, 0.6) is 0 Å². The van der Waals surface area contributed by atoms with Crippen molar-refractivity contribution in [2.45, 2.75) is 116 Å². The van der Waals surface area contributed by atoms with Gasteiger partial charge in [-0.3, -0.25) is 0 Å². The van der Waals surface area contributed by atoms with E-state index < -0.39 is 22.8 Å². The summed E-state index contributed by atoms with van der Waals surface area (Å²) in [5, 5.41) is 12.0. The molecular weight excluding hydrogens is 448 g/mol. The minimum atomic E-state index is -1.60. The molecule has 4 saturated carbocycles. The lowest BCUT2D eigenvalue weighted by Gasteiger charge is -2.78. The summed E-state index contributed by atoms with van der Waals surface area (Å²) >= 11 is 0. The summed E-state index contributed by atoms with van der Waals surface area (Å²) < 4.78 is 0. The molecule has 0 aromatic heterocycles. The van der Waals surface area contributed by atoms with Crippen molar-refractivity contribution in [3.63, 3.8) is 0 Å². The molecule has 13 atom stereocenters. The van der Waals surface area contributed by atoms with E-state index in [1.807, 2.05) is 0 Å². The summed E-state index contributed by atoms with van der Waals surface area (Å²) in [5.41, 5.74) is -0.166. The first kappa shape index (κ1) is 23.8. The number of rotatable bonds is 5. The summed E-state index contributed by atoms with van der Waals surface area (Å²) in [4.78, 5) is 33.0. The summed E-state index contributed by atoms with van der Waals surface area (Å²) in [6, 6.07) is 0. The van der Waals surface area contributed by atoms with Gasteiger partial charge in [0.15, 0.2) is 6.10 Å². The minimum Gasteiger partial charge on any atom is -0.358 e. The van der Waals surface area contributed by atoms with Crippen LogP contribution in [0.25, 0.3) is 0 Å². The molecule has 7 heteroatoms. The highest BCUT2D eigenvalue weighted by Gasteiger charge is 3.00. The van der Waals surface area contributed by atoms with E-state index in [-0.39, 0.29) is 12.0 Å². The fourth-order valence-electron chi connectivity index (χ4n) is 10.4. The van der Waals surface area contributed by atoms with Gasteiger partial charge in [-0.05, 0) is 85.4 Å². The van der Waals surface area contributed by atoms with Crippen LogP contribution in [0, 0.1) is 58.2 Å². The fourth-order valence-corrected chi connectivity index (χ4v) is 10.4. The molecule has 2 spiro atoms. The van der Waals surface area contributed by atoms with Crippen LogP contribution in [0.2, 0.25) is 0 Å². The third-order valence-electron chi connectivity index (χ3n) is 13.0. The standard InChI is InChI=1S/C28H44O7/c1-15(2)16(3)7-8-17(4)19-11-12-20-18-9-10-22-23-26(31-30-23)28(34-32-26)27(29,33-35-28)25(22,6)21(18)13-14-24(19,20)5/h15-23,29H,7-14H2,1-6H3/t16-,17+,18+,19+,20-,21-,22-,23?,24+,25-,26?,27?,28?/m0/s1. The molecule has 7 rings (SSSR count). The SMILES string of the molecule is CC(C)[C@@H](C)CC[C@@H](C)[C@H]1CC[C@H]2[C@H]3CC[C@H]4C5OOC56OOC65OOC5(O)[C@@]4(C)[C@H]3CC[C@]12C. The predicted octanol–water partition coefficient (Wildman–Crippen LogP) is 5.52. The van der Waals surface area contributed by atoms with Crippen LogP contribution in [-0.4, -0.2) is 28.6 Å². The van der Waals surface area contributed by atoms with Gasteiger partial charge in [-0.25, -0.2) is 4.89 Å². The van der Waals surface area contributed by atoms with Gasteiger partial charge in [0.25, 0.3) is 5.79 Å². The molecule has 0 aromatic rings. The van der Waals surface area contributed by atoms with E-state index >= 15 is 0 Å². The quantitative estimate of drug-likeness (QED) is 0.507. The van der Waals surface area contributed by atoms with Crippen molar-refractivity contribution < 1.29 is 34.4 Å². The molecule has 7 nitrogen and oxygen atoms in total. The zero-order chi connectivity index (χ0) is 24.6. The average molecular weight is 493 g/mol. The molecule has 3 saturated heterocycles. The molecule has 4 aliphatic carbocycles. The maximum atomic E-state index is 12.0. The minimum absolute atomic E-state index is 0.0708. The van der Waals surface area contributed by atoms with E-state index in [1.165, 1.54) is 32.1 Å². The highest BCUT2D eigenvalue weighted by molar-refractivity contribution is 5.27. The van der Waals surface area contributed by atoms with Crippen LogP contribution in [0.1, 0.15) is 92.9 Å². The second kappa shape index (κ2) is 7.22. The number of hydrogen-bond donors (Lipinski definition) is 1. The number of hydrogen-bond acceptors (Lipinski definition) is 7. The van der Waals surface area contributed by atoms with Crippen molar-refractivity contribution in [3.05, 3.63) is 0 Å². The van der Waals surface area contributed by atoms with Crippen LogP contribution in [-0.2, 0) is 29.3 Å². The highest BCUT2D eigenvalue weighted by atomic mass is 17.5. The number of fused-ring (bicyclic) bond motifs is 7. The maximum Gasteiger partial charge on any atom is 0.351 e. The van der Waals surface area contributed by atoms with Crippen LogP contribution < -0.4 is 0 Å². The molecule has 198 valence electrons. The van der Waals surface area contributed by atoms with Gasteiger partial charge in [-0.1, -0.05) is 54.4 Å². The molecule has 4 unspecified atom stereocenters. The third-order valence-corrected chi connectivity index (χ3v) is 13.0. The lowest BCUT2D eigenvalue weighted by Crippen LogP contribution is -2.99. The molecular formula is C28H44O7. The van der Waals surface area contributed by atoms with E-state index in [0.29, 0.717) is 23.2 Å². The summed E-state index contributed by atoms with van der Waals surface area (Å²) in [6.07, 6.45) is 9.46. The molecule has 35 heavy (non-hydrogen) atoms. The van der Waals surface area contributed by atoms with E-state index in [9.17, 15) is 5.11 Å². The van der Waals surface area contributed by atoms with Gasteiger partial charge < -0.3 is 5.11 Å². The Morgan fingerprint density at radius 2 is 1.54 bits per heavy atom. The first-order valence-electron chi connectivity index (χ1n) is 14.4. The lowest BCUT2D eigenvalue weighted by atomic mass is 9.40. The van der Waals surface area contributed by atoms with E-state index in [2.05, 4.69) is 41.5 Å². The molecule has 7 fully saturated rings. The van der Waals surface area contributed by atoms with E-state index in [4.69, 9.17) is 29.3 Å². The molecule has 7 aliphatic rings. The van der Waals surface area contributed by atoms with Gasteiger partial charge in [0.1, 0.15) is 0 Å². The van der Waals surface area contributed by atoms with E-state index in [0.717, 1.165) is 42.9 Å². The Kier molecular flexibility index (Phi) is 4.91. The second-order valence-corrected chi connectivity index (χ2v) is 14.2. The second-order valence-electron chi connectivity index (χ2n) is 14.2. The molecule has 3 heterocycles. The summed E-state index contributed by atoms with van der Waals surface area (Å²) in [6.45, 7) is 14.4. The topological polar surface area (TPSA) is 75.6 Å². The maximum absolute atomic E-state index is 12.0. The van der Waals surface area contributed by atoms with Crippen molar-refractivity contribution in [2.24, 2.45) is 58.2 Å². The zero-order valence-corrected chi connectivity index (χ0v) is 22.2. The van der Waals surface area contributed by atoms with Gasteiger partial charge >= 0.3 is 11.6 Å². The van der Waals surface area contributed by atoms with Crippen LogP contribution >= 0.6 is 0 Å². The van der Waals surface area contributed by atoms with E-state index in [1.54, 1.807) is 0 Å². The molecule has 0 aromatic carbocycles. The van der Waals surface area contributed by atoms with Crippen molar-refractivity contribution in [1.82, 2.24) is 0 Å². The monoisotopic (exact) mass is 492 g/mol. The van der Waals surface area contributed by atoms with Gasteiger partial charge in [-0.2, -0.15) is 24.4 Å². The molecule has 0 radical (unpaired) electrons.